The maximum absolute atomic E-state index is 12.3. The van der Waals surface area contributed by atoms with E-state index in [0.29, 0.717) is 4.88 Å². The zero-order valence-corrected chi connectivity index (χ0v) is 13.2. The van der Waals surface area contributed by atoms with E-state index < -0.39 is 11.9 Å². The lowest BCUT2D eigenvalue weighted by atomic mass is 10.0. The highest BCUT2D eigenvalue weighted by molar-refractivity contribution is 7.12. The first-order chi connectivity index (χ1) is 11.0. The minimum atomic E-state index is -0.862. The molecule has 2 N–H and O–H groups in total. The monoisotopic (exact) mass is 329 g/mol. The van der Waals surface area contributed by atoms with Gasteiger partial charge in [-0.1, -0.05) is 18.2 Å². The Labute approximate surface area is 137 Å². The van der Waals surface area contributed by atoms with E-state index in [4.69, 9.17) is 5.26 Å². The summed E-state index contributed by atoms with van der Waals surface area (Å²) in [5.41, 5.74) is 0.763. The standard InChI is InChI=1S/C16H15N3O3S/c1-19(10-17)16(22)13(9-11-4-6-12(20)7-5-11)18-15(21)14-3-2-8-23-14/h2-8,13,20H,9H2,1H3,(H,18,21). The molecule has 0 aliphatic heterocycles. The van der Waals surface area contributed by atoms with E-state index >= 15 is 0 Å². The van der Waals surface area contributed by atoms with Crippen molar-refractivity contribution in [3.63, 3.8) is 0 Å². The van der Waals surface area contributed by atoms with Crippen molar-refractivity contribution in [2.75, 3.05) is 7.05 Å². The number of carbonyl (C=O) groups excluding carboxylic acids is 2. The molecule has 0 aliphatic rings. The first-order valence-electron chi connectivity index (χ1n) is 6.81. The van der Waals surface area contributed by atoms with Crippen LogP contribution >= 0.6 is 11.3 Å². The van der Waals surface area contributed by atoms with E-state index in [9.17, 15) is 14.7 Å². The number of benzene rings is 1. The highest BCUT2D eigenvalue weighted by Crippen LogP contribution is 2.13. The van der Waals surface area contributed by atoms with Gasteiger partial charge in [-0.2, -0.15) is 5.26 Å². The number of likely N-dealkylation sites (N-methyl/N-ethyl adjacent to an activating group) is 1. The number of amides is 2. The van der Waals surface area contributed by atoms with Crippen LogP contribution in [0.5, 0.6) is 5.75 Å². The molecule has 23 heavy (non-hydrogen) atoms. The van der Waals surface area contributed by atoms with Gasteiger partial charge >= 0.3 is 0 Å². The molecule has 0 radical (unpaired) electrons. The molecule has 0 spiro atoms. The number of nitriles is 1. The van der Waals surface area contributed by atoms with Gasteiger partial charge in [-0.25, -0.2) is 0 Å². The van der Waals surface area contributed by atoms with E-state index in [1.165, 1.54) is 30.5 Å². The van der Waals surface area contributed by atoms with Gasteiger partial charge in [0.2, 0.25) is 0 Å². The van der Waals surface area contributed by atoms with Crippen LogP contribution in [-0.4, -0.2) is 34.9 Å². The fourth-order valence-corrected chi connectivity index (χ4v) is 2.61. The fraction of sp³-hybridized carbons (Fsp3) is 0.188. The number of nitrogens with one attached hydrogen (secondary N) is 1. The number of carbonyl (C=O) groups is 2. The lowest BCUT2D eigenvalue weighted by Crippen LogP contribution is -2.47. The third kappa shape index (κ3) is 4.31. The van der Waals surface area contributed by atoms with Gasteiger partial charge in [0, 0.05) is 13.5 Å². The largest absolute Gasteiger partial charge is 0.508 e. The molecule has 118 valence electrons. The van der Waals surface area contributed by atoms with Crippen LogP contribution < -0.4 is 5.32 Å². The van der Waals surface area contributed by atoms with E-state index in [1.807, 2.05) is 0 Å². The number of hydrogen-bond acceptors (Lipinski definition) is 5. The quantitative estimate of drug-likeness (QED) is 0.645. The molecule has 2 rings (SSSR count). The van der Waals surface area contributed by atoms with Crippen LogP contribution in [-0.2, 0) is 11.2 Å². The highest BCUT2D eigenvalue weighted by atomic mass is 32.1. The average molecular weight is 329 g/mol. The maximum atomic E-state index is 12.3. The van der Waals surface area contributed by atoms with Crippen molar-refractivity contribution in [3.05, 3.63) is 52.2 Å². The summed E-state index contributed by atoms with van der Waals surface area (Å²) in [6.45, 7) is 0. The second-order valence-corrected chi connectivity index (χ2v) is 5.82. The second kappa shape index (κ2) is 7.42. The molecule has 1 aromatic heterocycles. The Morgan fingerprint density at radius 3 is 2.61 bits per heavy atom. The van der Waals surface area contributed by atoms with Gasteiger partial charge in [-0.3, -0.25) is 14.5 Å². The zero-order valence-electron chi connectivity index (χ0n) is 12.4. The minimum Gasteiger partial charge on any atom is -0.508 e. The molecule has 7 heteroatoms. The van der Waals surface area contributed by atoms with Gasteiger partial charge in [-0.05, 0) is 29.1 Å². The van der Waals surface area contributed by atoms with Crippen LogP contribution in [0, 0.1) is 11.5 Å². The van der Waals surface area contributed by atoms with Crippen molar-refractivity contribution in [1.82, 2.24) is 10.2 Å². The second-order valence-electron chi connectivity index (χ2n) is 4.87. The number of phenols is 1. The summed E-state index contributed by atoms with van der Waals surface area (Å²) in [7, 11) is 1.35. The Morgan fingerprint density at radius 1 is 1.35 bits per heavy atom. The predicted molar refractivity (Wildman–Crippen MR) is 85.8 cm³/mol. The predicted octanol–water partition coefficient (Wildman–Crippen LogP) is 1.73. The highest BCUT2D eigenvalue weighted by Gasteiger charge is 2.25. The van der Waals surface area contributed by atoms with Crippen LogP contribution in [0.15, 0.2) is 41.8 Å². The molecule has 1 heterocycles. The van der Waals surface area contributed by atoms with Crippen LogP contribution in [0.25, 0.3) is 0 Å². The molecule has 0 saturated carbocycles. The van der Waals surface area contributed by atoms with Crippen molar-refractivity contribution in [2.45, 2.75) is 12.5 Å². The van der Waals surface area contributed by atoms with Crippen molar-refractivity contribution in [1.29, 1.82) is 5.26 Å². The van der Waals surface area contributed by atoms with Crippen molar-refractivity contribution >= 4 is 23.2 Å². The number of aromatic hydroxyl groups is 1. The van der Waals surface area contributed by atoms with Gasteiger partial charge < -0.3 is 10.4 Å². The summed E-state index contributed by atoms with van der Waals surface area (Å²) in [6, 6.07) is 8.89. The number of nitrogens with zero attached hydrogens (tertiary/aromatic N) is 2. The molecular weight excluding hydrogens is 314 g/mol. The topological polar surface area (TPSA) is 93.4 Å². The molecule has 0 saturated heterocycles. The fourth-order valence-electron chi connectivity index (χ4n) is 1.99. The third-order valence-electron chi connectivity index (χ3n) is 3.21. The van der Waals surface area contributed by atoms with Gasteiger partial charge in [-0.15, -0.1) is 11.3 Å². The Bertz CT molecular complexity index is 720. The van der Waals surface area contributed by atoms with E-state index in [1.54, 1.807) is 35.8 Å². The van der Waals surface area contributed by atoms with Crippen LogP contribution in [0.3, 0.4) is 0 Å². The van der Waals surface area contributed by atoms with Crippen molar-refractivity contribution in [3.8, 4) is 11.9 Å². The molecule has 1 unspecified atom stereocenters. The average Bonchev–Trinajstić information content (AvgIpc) is 3.09. The third-order valence-corrected chi connectivity index (χ3v) is 4.07. The Hall–Kier alpha value is -2.85. The van der Waals surface area contributed by atoms with Crippen LogP contribution in [0.2, 0.25) is 0 Å². The zero-order chi connectivity index (χ0) is 16.8. The molecule has 0 aliphatic carbocycles. The lowest BCUT2D eigenvalue weighted by Gasteiger charge is -2.20. The SMILES string of the molecule is CN(C#N)C(=O)C(Cc1ccc(O)cc1)NC(=O)c1cccs1. The molecule has 6 nitrogen and oxygen atoms in total. The first kappa shape index (κ1) is 16.5. The van der Waals surface area contributed by atoms with Crippen molar-refractivity contribution < 1.29 is 14.7 Å². The van der Waals surface area contributed by atoms with E-state index in [2.05, 4.69) is 5.32 Å². The summed E-state index contributed by atoms with van der Waals surface area (Å²) in [4.78, 5) is 25.9. The smallest absolute Gasteiger partial charge is 0.262 e. The van der Waals surface area contributed by atoms with Crippen LogP contribution in [0.1, 0.15) is 15.2 Å². The summed E-state index contributed by atoms with van der Waals surface area (Å²) < 4.78 is 0. The molecule has 2 aromatic rings. The number of phenolic OH excluding ortho intramolecular Hbond substituents is 1. The Balaban J connectivity index is 2.17. The summed E-state index contributed by atoms with van der Waals surface area (Å²) in [6.07, 6.45) is 1.97. The van der Waals surface area contributed by atoms with E-state index in [-0.39, 0.29) is 18.1 Å². The molecular formula is C16H15N3O3S. The first-order valence-corrected chi connectivity index (χ1v) is 7.69. The molecule has 2 amide bonds. The summed E-state index contributed by atoms with van der Waals surface area (Å²) >= 11 is 1.27. The van der Waals surface area contributed by atoms with Gasteiger partial charge in [0.05, 0.1) is 4.88 Å². The summed E-state index contributed by atoms with van der Waals surface area (Å²) in [5.74, 6) is -0.734. The Morgan fingerprint density at radius 2 is 2.04 bits per heavy atom. The molecule has 0 bridgehead atoms. The normalized spacial score (nSPS) is 11.3. The molecule has 1 atom stereocenters. The minimum absolute atomic E-state index is 0.119. The maximum Gasteiger partial charge on any atom is 0.262 e. The lowest BCUT2D eigenvalue weighted by molar-refractivity contribution is -0.129. The Kier molecular flexibility index (Phi) is 5.33. The number of thiophene rings is 1. The molecule has 1 aromatic carbocycles. The molecule has 0 fully saturated rings. The number of hydrogen-bond donors (Lipinski definition) is 2. The van der Waals surface area contributed by atoms with Crippen LogP contribution in [0.4, 0.5) is 0 Å². The van der Waals surface area contributed by atoms with Gasteiger partial charge in [0.25, 0.3) is 11.8 Å². The van der Waals surface area contributed by atoms with Gasteiger partial charge in [0.1, 0.15) is 11.8 Å². The van der Waals surface area contributed by atoms with Gasteiger partial charge in [0.15, 0.2) is 6.19 Å². The van der Waals surface area contributed by atoms with E-state index in [0.717, 1.165) is 10.5 Å². The number of rotatable bonds is 5. The summed E-state index contributed by atoms with van der Waals surface area (Å²) in [5, 5.41) is 22.6. The van der Waals surface area contributed by atoms with Crippen molar-refractivity contribution in [2.24, 2.45) is 0 Å².